The molecule has 1 heterocycles. The molecule has 0 bridgehead atoms. The SMILES string of the molecule is CN=C(NCCc1ccc(F)cc1C)NCc1ccc(Cl)nc1. The Morgan fingerprint density at radius 3 is 2.74 bits per heavy atom. The zero-order valence-electron chi connectivity index (χ0n) is 13.2. The fraction of sp³-hybridized carbons (Fsp3) is 0.294. The summed E-state index contributed by atoms with van der Waals surface area (Å²) in [6.45, 7) is 3.24. The van der Waals surface area contributed by atoms with Gasteiger partial charge in [0.1, 0.15) is 11.0 Å². The zero-order chi connectivity index (χ0) is 16.7. The van der Waals surface area contributed by atoms with Gasteiger partial charge in [0.25, 0.3) is 0 Å². The molecule has 0 saturated heterocycles. The quantitative estimate of drug-likeness (QED) is 0.502. The first kappa shape index (κ1) is 17.2. The van der Waals surface area contributed by atoms with E-state index in [2.05, 4.69) is 20.6 Å². The van der Waals surface area contributed by atoms with Crippen molar-refractivity contribution >= 4 is 17.6 Å². The molecule has 2 rings (SSSR count). The van der Waals surface area contributed by atoms with Crippen LogP contribution in [-0.4, -0.2) is 24.5 Å². The summed E-state index contributed by atoms with van der Waals surface area (Å²) in [7, 11) is 1.72. The van der Waals surface area contributed by atoms with Crippen molar-refractivity contribution in [3.8, 4) is 0 Å². The second kappa shape index (κ2) is 8.48. The van der Waals surface area contributed by atoms with Crippen LogP contribution in [0.15, 0.2) is 41.5 Å². The zero-order valence-corrected chi connectivity index (χ0v) is 14.0. The van der Waals surface area contributed by atoms with Gasteiger partial charge in [-0.15, -0.1) is 0 Å². The maximum Gasteiger partial charge on any atom is 0.191 e. The van der Waals surface area contributed by atoms with Gasteiger partial charge in [0.2, 0.25) is 0 Å². The predicted molar refractivity (Wildman–Crippen MR) is 92.3 cm³/mol. The van der Waals surface area contributed by atoms with Crippen LogP contribution in [-0.2, 0) is 13.0 Å². The second-order valence-electron chi connectivity index (χ2n) is 5.16. The fourth-order valence-corrected chi connectivity index (χ4v) is 2.28. The summed E-state index contributed by atoms with van der Waals surface area (Å²) in [4.78, 5) is 8.21. The normalized spacial score (nSPS) is 11.4. The van der Waals surface area contributed by atoms with E-state index in [1.54, 1.807) is 25.4 Å². The number of guanidine groups is 1. The summed E-state index contributed by atoms with van der Waals surface area (Å²) < 4.78 is 13.1. The maximum absolute atomic E-state index is 13.1. The van der Waals surface area contributed by atoms with Crippen LogP contribution in [0, 0.1) is 12.7 Å². The van der Waals surface area contributed by atoms with Crippen molar-refractivity contribution in [2.75, 3.05) is 13.6 Å². The van der Waals surface area contributed by atoms with Gasteiger partial charge < -0.3 is 10.6 Å². The molecule has 0 fully saturated rings. The summed E-state index contributed by atoms with van der Waals surface area (Å²) in [6, 6.07) is 8.53. The highest BCUT2D eigenvalue weighted by atomic mass is 35.5. The molecule has 6 heteroatoms. The second-order valence-corrected chi connectivity index (χ2v) is 5.55. The van der Waals surface area contributed by atoms with Gasteiger partial charge >= 0.3 is 0 Å². The van der Waals surface area contributed by atoms with Gasteiger partial charge in [-0.2, -0.15) is 0 Å². The smallest absolute Gasteiger partial charge is 0.191 e. The molecule has 0 amide bonds. The van der Waals surface area contributed by atoms with E-state index in [0.717, 1.165) is 23.1 Å². The Morgan fingerprint density at radius 2 is 2.09 bits per heavy atom. The lowest BCUT2D eigenvalue weighted by molar-refractivity contribution is 0.625. The molecule has 2 aromatic rings. The van der Waals surface area contributed by atoms with Gasteiger partial charge in [-0.3, -0.25) is 4.99 Å². The molecule has 0 aliphatic rings. The summed E-state index contributed by atoms with van der Waals surface area (Å²) in [5, 5.41) is 6.93. The van der Waals surface area contributed by atoms with Crippen LogP contribution >= 0.6 is 11.6 Å². The van der Waals surface area contributed by atoms with Gasteiger partial charge in [-0.25, -0.2) is 9.37 Å². The molecule has 0 aliphatic heterocycles. The van der Waals surface area contributed by atoms with Crippen molar-refractivity contribution in [1.29, 1.82) is 0 Å². The van der Waals surface area contributed by atoms with Crippen molar-refractivity contribution in [2.45, 2.75) is 19.9 Å². The van der Waals surface area contributed by atoms with Crippen LogP contribution in [0.2, 0.25) is 5.15 Å². The van der Waals surface area contributed by atoms with Crippen LogP contribution in [0.4, 0.5) is 4.39 Å². The Bertz CT molecular complexity index is 671. The third kappa shape index (κ3) is 5.53. The Morgan fingerprint density at radius 1 is 1.26 bits per heavy atom. The molecule has 0 saturated carbocycles. The molecule has 0 unspecified atom stereocenters. The van der Waals surface area contributed by atoms with Crippen molar-refractivity contribution in [2.24, 2.45) is 4.99 Å². The molecule has 0 aliphatic carbocycles. The van der Waals surface area contributed by atoms with Gasteiger partial charge in [0, 0.05) is 26.3 Å². The molecule has 2 N–H and O–H groups in total. The highest BCUT2D eigenvalue weighted by Crippen LogP contribution is 2.10. The minimum absolute atomic E-state index is 0.201. The largest absolute Gasteiger partial charge is 0.356 e. The minimum Gasteiger partial charge on any atom is -0.356 e. The third-order valence-corrected chi connectivity index (χ3v) is 3.69. The predicted octanol–water partition coefficient (Wildman–Crippen LogP) is 3.09. The van der Waals surface area contributed by atoms with Crippen molar-refractivity contribution in [3.63, 3.8) is 0 Å². The summed E-state index contributed by atoms with van der Waals surface area (Å²) >= 11 is 5.76. The lowest BCUT2D eigenvalue weighted by Gasteiger charge is -2.12. The summed E-state index contributed by atoms with van der Waals surface area (Å²) in [5.74, 6) is 0.507. The Kier molecular flexibility index (Phi) is 6.35. The third-order valence-electron chi connectivity index (χ3n) is 3.46. The monoisotopic (exact) mass is 334 g/mol. The number of halogens is 2. The molecular weight excluding hydrogens is 315 g/mol. The highest BCUT2D eigenvalue weighted by molar-refractivity contribution is 6.29. The number of aliphatic imine (C=N–C) groups is 1. The maximum atomic E-state index is 13.1. The van der Waals surface area contributed by atoms with E-state index in [1.807, 2.05) is 19.1 Å². The van der Waals surface area contributed by atoms with Crippen LogP contribution in [0.25, 0.3) is 0 Å². The van der Waals surface area contributed by atoms with Crippen molar-refractivity contribution in [3.05, 3.63) is 64.2 Å². The Balaban J connectivity index is 1.80. The van der Waals surface area contributed by atoms with E-state index < -0.39 is 0 Å². The number of aryl methyl sites for hydroxylation is 1. The lowest BCUT2D eigenvalue weighted by atomic mass is 10.1. The fourth-order valence-electron chi connectivity index (χ4n) is 2.17. The average Bonchev–Trinajstić information content (AvgIpc) is 2.54. The van der Waals surface area contributed by atoms with E-state index in [-0.39, 0.29) is 5.82 Å². The lowest BCUT2D eigenvalue weighted by Crippen LogP contribution is -2.37. The topological polar surface area (TPSA) is 49.3 Å². The van der Waals surface area contributed by atoms with E-state index in [4.69, 9.17) is 11.6 Å². The van der Waals surface area contributed by atoms with Crippen LogP contribution in [0.1, 0.15) is 16.7 Å². The highest BCUT2D eigenvalue weighted by Gasteiger charge is 2.02. The van der Waals surface area contributed by atoms with Gasteiger partial charge in [-0.05, 0) is 48.2 Å². The summed E-state index contributed by atoms with van der Waals surface area (Å²) in [6.07, 6.45) is 2.53. The van der Waals surface area contributed by atoms with E-state index in [0.29, 0.717) is 24.2 Å². The minimum atomic E-state index is -0.201. The van der Waals surface area contributed by atoms with E-state index >= 15 is 0 Å². The average molecular weight is 335 g/mol. The number of rotatable bonds is 5. The number of pyridine rings is 1. The molecule has 0 spiro atoms. The molecule has 1 aromatic heterocycles. The molecule has 0 radical (unpaired) electrons. The number of nitrogens with zero attached hydrogens (tertiary/aromatic N) is 2. The summed E-state index contributed by atoms with van der Waals surface area (Å²) in [5.41, 5.74) is 3.10. The van der Waals surface area contributed by atoms with Crippen molar-refractivity contribution in [1.82, 2.24) is 15.6 Å². The van der Waals surface area contributed by atoms with Crippen LogP contribution < -0.4 is 10.6 Å². The van der Waals surface area contributed by atoms with Crippen molar-refractivity contribution < 1.29 is 4.39 Å². The number of hydrogen-bond acceptors (Lipinski definition) is 2. The Labute approximate surface area is 140 Å². The molecule has 23 heavy (non-hydrogen) atoms. The van der Waals surface area contributed by atoms with E-state index in [1.165, 1.54) is 6.07 Å². The standard InChI is InChI=1S/C17H20ClFN4/c1-12-9-15(19)5-4-14(12)7-8-21-17(20-2)23-11-13-3-6-16(18)22-10-13/h3-6,9-10H,7-8,11H2,1-2H3,(H2,20,21,23). The first-order valence-electron chi connectivity index (χ1n) is 7.38. The molecule has 122 valence electrons. The Hall–Kier alpha value is -2.14. The molecule has 1 aromatic carbocycles. The first-order valence-corrected chi connectivity index (χ1v) is 7.76. The number of aromatic nitrogens is 1. The molecule has 0 atom stereocenters. The van der Waals surface area contributed by atoms with E-state index in [9.17, 15) is 4.39 Å². The number of benzene rings is 1. The van der Waals surface area contributed by atoms with Gasteiger partial charge in [0.05, 0.1) is 0 Å². The molecule has 4 nitrogen and oxygen atoms in total. The van der Waals surface area contributed by atoms with Gasteiger partial charge in [0.15, 0.2) is 5.96 Å². The number of hydrogen-bond donors (Lipinski definition) is 2. The molecular formula is C17H20ClFN4. The van der Waals surface area contributed by atoms with Crippen LogP contribution in [0.3, 0.4) is 0 Å². The first-order chi connectivity index (χ1) is 11.1. The van der Waals surface area contributed by atoms with Crippen LogP contribution in [0.5, 0.6) is 0 Å². The number of nitrogens with one attached hydrogen (secondary N) is 2. The van der Waals surface area contributed by atoms with Gasteiger partial charge in [-0.1, -0.05) is 23.7 Å².